The molecular formula is C15H26N2S. The molecule has 0 saturated heterocycles. The first-order valence-electron chi connectivity index (χ1n) is 7.17. The summed E-state index contributed by atoms with van der Waals surface area (Å²) >= 11 is 1.87. The van der Waals surface area contributed by atoms with Crippen LogP contribution in [-0.4, -0.2) is 23.5 Å². The van der Waals surface area contributed by atoms with Crippen molar-refractivity contribution in [3.8, 4) is 0 Å². The van der Waals surface area contributed by atoms with Crippen LogP contribution in [0.1, 0.15) is 44.4 Å². The Hall–Kier alpha value is -0.380. The molecule has 2 rings (SSSR count). The summed E-state index contributed by atoms with van der Waals surface area (Å²) in [5.74, 6) is 0.854. The van der Waals surface area contributed by atoms with E-state index in [0.29, 0.717) is 12.1 Å². The fourth-order valence-electron chi connectivity index (χ4n) is 2.76. The fourth-order valence-corrected chi connectivity index (χ4v) is 3.49. The molecular weight excluding hydrogens is 240 g/mol. The van der Waals surface area contributed by atoms with Crippen molar-refractivity contribution >= 4 is 11.3 Å². The van der Waals surface area contributed by atoms with Gasteiger partial charge in [-0.1, -0.05) is 6.07 Å². The van der Waals surface area contributed by atoms with Crippen LogP contribution < -0.4 is 5.73 Å². The van der Waals surface area contributed by atoms with Crippen LogP contribution in [0.15, 0.2) is 17.5 Å². The summed E-state index contributed by atoms with van der Waals surface area (Å²) in [7, 11) is 0. The first kappa shape index (κ1) is 14.0. The first-order valence-corrected chi connectivity index (χ1v) is 8.05. The van der Waals surface area contributed by atoms with Gasteiger partial charge in [-0.05, 0) is 56.9 Å². The number of hydrogen-bond acceptors (Lipinski definition) is 3. The van der Waals surface area contributed by atoms with Crippen LogP contribution in [0.25, 0.3) is 0 Å². The Kier molecular flexibility index (Phi) is 5.22. The van der Waals surface area contributed by atoms with E-state index in [4.69, 9.17) is 5.73 Å². The highest BCUT2D eigenvalue weighted by Crippen LogP contribution is 2.25. The van der Waals surface area contributed by atoms with Crippen LogP contribution in [0.3, 0.4) is 0 Å². The lowest BCUT2D eigenvalue weighted by Crippen LogP contribution is -2.37. The summed E-state index contributed by atoms with van der Waals surface area (Å²) < 4.78 is 0. The second-order valence-corrected chi connectivity index (χ2v) is 6.92. The van der Waals surface area contributed by atoms with E-state index in [1.807, 2.05) is 11.3 Å². The predicted molar refractivity (Wildman–Crippen MR) is 79.8 cm³/mol. The maximum absolute atomic E-state index is 5.99. The van der Waals surface area contributed by atoms with Gasteiger partial charge in [0.05, 0.1) is 0 Å². The smallest absolute Gasteiger partial charge is 0.0330 e. The molecule has 0 amide bonds. The van der Waals surface area contributed by atoms with E-state index in [2.05, 4.69) is 36.3 Å². The average molecular weight is 266 g/mol. The monoisotopic (exact) mass is 266 g/mol. The Morgan fingerprint density at radius 2 is 2.06 bits per heavy atom. The molecule has 1 aromatic heterocycles. The summed E-state index contributed by atoms with van der Waals surface area (Å²) in [5.41, 5.74) is 5.99. The van der Waals surface area contributed by atoms with E-state index < -0.39 is 0 Å². The summed E-state index contributed by atoms with van der Waals surface area (Å²) in [5, 5.41) is 2.17. The van der Waals surface area contributed by atoms with E-state index in [1.54, 1.807) is 0 Å². The summed E-state index contributed by atoms with van der Waals surface area (Å²) in [4.78, 5) is 4.10. The molecule has 3 heteroatoms. The molecule has 0 aromatic carbocycles. The van der Waals surface area contributed by atoms with Crippen molar-refractivity contribution in [2.45, 2.75) is 58.2 Å². The summed E-state index contributed by atoms with van der Waals surface area (Å²) in [6.07, 6.45) is 5.06. The van der Waals surface area contributed by atoms with Gasteiger partial charge in [-0.3, -0.25) is 4.90 Å². The molecule has 2 N–H and O–H groups in total. The number of thiophene rings is 1. The van der Waals surface area contributed by atoms with Crippen molar-refractivity contribution in [3.05, 3.63) is 22.4 Å². The molecule has 0 aliphatic heterocycles. The molecule has 1 saturated carbocycles. The van der Waals surface area contributed by atoms with E-state index in [9.17, 15) is 0 Å². The summed E-state index contributed by atoms with van der Waals surface area (Å²) in [6, 6.07) is 5.49. The Morgan fingerprint density at radius 1 is 1.33 bits per heavy atom. The lowest BCUT2D eigenvalue weighted by Gasteiger charge is -2.33. The van der Waals surface area contributed by atoms with Crippen molar-refractivity contribution in [1.82, 2.24) is 4.90 Å². The zero-order valence-corrected chi connectivity index (χ0v) is 12.5. The molecule has 1 heterocycles. The number of rotatable bonds is 5. The van der Waals surface area contributed by atoms with Gasteiger partial charge in [0.25, 0.3) is 0 Å². The Balaban J connectivity index is 1.86. The van der Waals surface area contributed by atoms with Gasteiger partial charge in [-0.2, -0.15) is 0 Å². The quantitative estimate of drug-likeness (QED) is 0.884. The molecule has 102 valence electrons. The Labute approximate surface area is 115 Å². The fraction of sp³-hybridized carbons (Fsp3) is 0.733. The minimum atomic E-state index is 0.464. The molecule has 1 fully saturated rings. The second-order valence-electron chi connectivity index (χ2n) is 5.88. The van der Waals surface area contributed by atoms with Crippen molar-refractivity contribution < 1.29 is 0 Å². The highest BCUT2D eigenvalue weighted by molar-refractivity contribution is 7.09. The van der Waals surface area contributed by atoms with E-state index in [-0.39, 0.29) is 0 Å². The van der Waals surface area contributed by atoms with Gasteiger partial charge in [-0.15, -0.1) is 11.3 Å². The molecule has 0 unspecified atom stereocenters. The third kappa shape index (κ3) is 4.08. The first-order chi connectivity index (χ1) is 8.65. The minimum absolute atomic E-state index is 0.464. The Bertz CT molecular complexity index is 326. The number of hydrogen-bond donors (Lipinski definition) is 1. The highest BCUT2D eigenvalue weighted by Gasteiger charge is 2.22. The van der Waals surface area contributed by atoms with Crippen LogP contribution in [0.5, 0.6) is 0 Å². The standard InChI is InChI=1S/C15H26N2S/c1-12(2)17(11-15-4-3-9-18-15)10-13-5-7-14(16)8-6-13/h3-4,9,12-14H,5-8,10-11,16H2,1-2H3. The summed E-state index contributed by atoms with van der Waals surface area (Å²) in [6.45, 7) is 6.96. The SMILES string of the molecule is CC(C)N(Cc1cccs1)CC1CCC(N)CC1. The maximum atomic E-state index is 5.99. The van der Waals surface area contributed by atoms with Crippen LogP contribution in [-0.2, 0) is 6.54 Å². The van der Waals surface area contributed by atoms with Gasteiger partial charge in [0.2, 0.25) is 0 Å². The van der Waals surface area contributed by atoms with E-state index >= 15 is 0 Å². The Morgan fingerprint density at radius 3 is 2.61 bits per heavy atom. The van der Waals surface area contributed by atoms with Crippen molar-refractivity contribution in [1.29, 1.82) is 0 Å². The van der Waals surface area contributed by atoms with Gasteiger partial charge >= 0.3 is 0 Å². The number of nitrogens with two attached hydrogens (primary N) is 1. The second kappa shape index (κ2) is 6.69. The number of nitrogens with zero attached hydrogens (tertiary/aromatic N) is 1. The molecule has 2 nitrogen and oxygen atoms in total. The zero-order chi connectivity index (χ0) is 13.0. The molecule has 0 radical (unpaired) electrons. The predicted octanol–water partition coefficient (Wildman–Crippen LogP) is 3.48. The normalized spacial score (nSPS) is 24.9. The van der Waals surface area contributed by atoms with Crippen LogP contribution in [0, 0.1) is 5.92 Å². The van der Waals surface area contributed by atoms with Crippen LogP contribution >= 0.6 is 11.3 Å². The van der Waals surface area contributed by atoms with Crippen molar-refractivity contribution in [2.24, 2.45) is 11.7 Å². The van der Waals surface area contributed by atoms with Gasteiger partial charge in [0.1, 0.15) is 0 Å². The van der Waals surface area contributed by atoms with Gasteiger partial charge in [-0.25, -0.2) is 0 Å². The lowest BCUT2D eigenvalue weighted by atomic mass is 9.86. The van der Waals surface area contributed by atoms with Gasteiger partial charge < -0.3 is 5.73 Å². The third-order valence-corrected chi connectivity index (χ3v) is 4.91. The highest BCUT2D eigenvalue weighted by atomic mass is 32.1. The molecule has 1 aromatic rings. The average Bonchev–Trinajstić information content (AvgIpc) is 2.84. The maximum Gasteiger partial charge on any atom is 0.0330 e. The van der Waals surface area contributed by atoms with Gasteiger partial charge in [0.15, 0.2) is 0 Å². The van der Waals surface area contributed by atoms with Crippen LogP contribution in [0.4, 0.5) is 0 Å². The topological polar surface area (TPSA) is 29.3 Å². The molecule has 1 aliphatic rings. The van der Waals surface area contributed by atoms with Crippen LogP contribution in [0.2, 0.25) is 0 Å². The molecule has 0 atom stereocenters. The molecule has 0 spiro atoms. The van der Waals surface area contributed by atoms with Crippen molar-refractivity contribution in [3.63, 3.8) is 0 Å². The largest absolute Gasteiger partial charge is 0.328 e. The zero-order valence-electron chi connectivity index (χ0n) is 11.6. The van der Waals surface area contributed by atoms with E-state index in [0.717, 1.165) is 12.5 Å². The third-order valence-electron chi connectivity index (χ3n) is 4.05. The van der Waals surface area contributed by atoms with E-state index in [1.165, 1.54) is 37.1 Å². The van der Waals surface area contributed by atoms with Gasteiger partial charge in [0, 0.05) is 30.1 Å². The minimum Gasteiger partial charge on any atom is -0.328 e. The molecule has 0 bridgehead atoms. The lowest BCUT2D eigenvalue weighted by molar-refractivity contribution is 0.155. The molecule has 1 aliphatic carbocycles. The molecule has 18 heavy (non-hydrogen) atoms. The van der Waals surface area contributed by atoms with Crippen molar-refractivity contribution in [2.75, 3.05) is 6.54 Å².